The summed E-state index contributed by atoms with van der Waals surface area (Å²) in [6, 6.07) is 8.26. The van der Waals surface area contributed by atoms with Gasteiger partial charge in [-0.3, -0.25) is 19.4 Å². The molecule has 0 bridgehead atoms. The van der Waals surface area contributed by atoms with Crippen LogP contribution in [0, 0.1) is 0 Å². The zero-order valence-electron chi connectivity index (χ0n) is 29.8. The molecule has 0 radical (unpaired) electrons. The molecule has 5 rings (SSSR count). The third kappa shape index (κ3) is 8.85. The van der Waals surface area contributed by atoms with Crippen molar-refractivity contribution in [2.45, 2.75) is 90.0 Å². The molecule has 3 aliphatic heterocycles. The lowest BCUT2D eigenvalue weighted by Gasteiger charge is -2.34. The number of likely N-dealkylation sites (tertiary alicyclic amines) is 2. The van der Waals surface area contributed by atoms with Gasteiger partial charge in [-0.15, -0.1) is 0 Å². The molecule has 0 aromatic heterocycles. The first-order valence-corrected chi connectivity index (χ1v) is 16.9. The van der Waals surface area contributed by atoms with E-state index in [1.165, 1.54) is 40.1 Å². The van der Waals surface area contributed by atoms with E-state index in [9.17, 15) is 28.8 Å². The highest BCUT2D eigenvalue weighted by atomic mass is 16.6. The van der Waals surface area contributed by atoms with Crippen molar-refractivity contribution in [1.29, 1.82) is 0 Å². The number of amides is 2. The summed E-state index contributed by atoms with van der Waals surface area (Å²) >= 11 is 0. The number of hydrogen-bond acceptors (Lipinski definition) is 12. The summed E-state index contributed by atoms with van der Waals surface area (Å²) in [7, 11) is 0. The van der Waals surface area contributed by atoms with Crippen LogP contribution >= 0.6 is 0 Å². The van der Waals surface area contributed by atoms with Gasteiger partial charge in [-0.05, 0) is 104 Å². The third-order valence-corrected chi connectivity index (χ3v) is 8.42. The summed E-state index contributed by atoms with van der Waals surface area (Å²) in [4.78, 5) is 78.9. The van der Waals surface area contributed by atoms with Gasteiger partial charge >= 0.3 is 18.2 Å². The van der Waals surface area contributed by atoms with Crippen LogP contribution in [0.4, 0.5) is 9.59 Å². The Kier molecular flexibility index (Phi) is 10.7. The van der Waals surface area contributed by atoms with Crippen molar-refractivity contribution in [2.24, 2.45) is 0 Å². The Hall–Kier alpha value is -4.98. The molecule has 0 aliphatic carbocycles. The maximum Gasteiger partial charge on any atom is 0.411 e. The molecule has 0 spiro atoms. The number of ketones is 2. The summed E-state index contributed by atoms with van der Waals surface area (Å²) in [5.41, 5.74) is -2.18. The number of Topliss-reactive ketones (excluding diaryl/α,β-unsaturated/α-hetero) is 2. The second-order valence-corrected chi connectivity index (χ2v) is 14.8. The van der Waals surface area contributed by atoms with Crippen molar-refractivity contribution in [1.82, 2.24) is 9.80 Å². The predicted molar refractivity (Wildman–Crippen MR) is 180 cm³/mol. The van der Waals surface area contributed by atoms with E-state index in [0.29, 0.717) is 56.6 Å². The van der Waals surface area contributed by atoms with Crippen molar-refractivity contribution in [3.05, 3.63) is 47.5 Å². The van der Waals surface area contributed by atoms with Gasteiger partial charge in [0.25, 0.3) is 0 Å². The zero-order chi connectivity index (χ0) is 37.1. The molecule has 2 atom stereocenters. The Morgan fingerprint density at radius 1 is 0.784 bits per heavy atom. The first kappa shape index (κ1) is 37.3. The second-order valence-electron chi connectivity index (χ2n) is 14.8. The summed E-state index contributed by atoms with van der Waals surface area (Å²) in [6.45, 7) is 10.1. The van der Waals surface area contributed by atoms with E-state index in [4.69, 9.17) is 28.4 Å². The van der Waals surface area contributed by atoms with Gasteiger partial charge in [0.15, 0.2) is 41.2 Å². The molecule has 0 N–H and O–H groups in total. The Balaban J connectivity index is 1.15. The van der Waals surface area contributed by atoms with E-state index < -0.39 is 53.3 Å². The Bertz CT molecular complexity index is 1710. The Morgan fingerprint density at radius 3 is 1.92 bits per heavy atom. The topological polar surface area (TPSA) is 164 Å². The number of rotatable bonds is 10. The van der Waals surface area contributed by atoms with Gasteiger partial charge in [-0.25, -0.2) is 14.4 Å². The Labute approximate surface area is 296 Å². The van der Waals surface area contributed by atoms with Gasteiger partial charge in [0.1, 0.15) is 35.7 Å². The maximum absolute atomic E-state index is 13.1. The molecular weight excluding hydrogens is 664 g/mol. The normalized spacial score (nSPS) is 19.6. The maximum atomic E-state index is 13.1. The lowest BCUT2D eigenvalue weighted by molar-refractivity contribution is -0.147. The van der Waals surface area contributed by atoms with E-state index in [1.807, 2.05) is 0 Å². The molecule has 51 heavy (non-hydrogen) atoms. The first-order chi connectivity index (χ1) is 24.0. The van der Waals surface area contributed by atoms with Crippen molar-refractivity contribution >= 4 is 36.0 Å². The van der Waals surface area contributed by atoms with Crippen LogP contribution in [0.3, 0.4) is 0 Å². The Morgan fingerprint density at radius 2 is 1.35 bits per heavy atom. The summed E-state index contributed by atoms with van der Waals surface area (Å²) in [5, 5.41) is 0. The monoisotopic (exact) mass is 708 g/mol. The number of aldehydes is 1. The van der Waals surface area contributed by atoms with Gasteiger partial charge in [-0.2, -0.15) is 0 Å². The van der Waals surface area contributed by atoms with Gasteiger partial charge in [0.05, 0.1) is 6.61 Å². The average Bonchev–Trinajstić information content (AvgIpc) is 3.72. The minimum Gasteiger partial charge on any atom is -0.456 e. The number of ether oxygens (including phenoxy) is 6. The molecule has 2 unspecified atom stereocenters. The van der Waals surface area contributed by atoms with Crippen molar-refractivity contribution in [3.8, 4) is 23.0 Å². The van der Waals surface area contributed by atoms with Crippen molar-refractivity contribution in [2.75, 3.05) is 32.9 Å². The van der Waals surface area contributed by atoms with Gasteiger partial charge in [0.2, 0.25) is 0 Å². The molecule has 2 aromatic rings. The predicted octanol–water partition coefficient (Wildman–Crippen LogP) is 5.88. The van der Waals surface area contributed by atoms with Gasteiger partial charge in [0, 0.05) is 24.2 Å². The summed E-state index contributed by atoms with van der Waals surface area (Å²) < 4.78 is 33.8. The van der Waals surface area contributed by atoms with E-state index in [-0.39, 0.29) is 41.6 Å². The van der Waals surface area contributed by atoms with Crippen LogP contribution in [0.15, 0.2) is 36.4 Å². The quantitative estimate of drug-likeness (QED) is 0.107. The SMILES string of the molecule is CC(C)(C)OC(=O)N1CCCC1C(=O)OCC(=O)c1ccc2c(c1)Oc1ccc(C(=O)COCC3(C=O)CCCN3C(=O)OC(C)(C)C)cc1O2. The highest BCUT2D eigenvalue weighted by molar-refractivity contribution is 5.99. The second kappa shape index (κ2) is 14.7. The number of esters is 1. The summed E-state index contributed by atoms with van der Waals surface area (Å²) in [5.74, 6) is -0.420. The van der Waals surface area contributed by atoms with Crippen LogP contribution in [0.1, 0.15) is 87.9 Å². The number of carbonyl (C=O) groups is 6. The fourth-order valence-electron chi connectivity index (χ4n) is 6.00. The summed E-state index contributed by atoms with van der Waals surface area (Å²) in [6.07, 6.45) is 1.47. The van der Waals surface area contributed by atoms with Crippen LogP contribution in [-0.4, -0.2) is 102 Å². The van der Waals surface area contributed by atoms with Crippen LogP contribution in [-0.2, 0) is 28.5 Å². The van der Waals surface area contributed by atoms with Gasteiger partial charge in [-0.1, -0.05) is 0 Å². The molecule has 2 amide bonds. The van der Waals surface area contributed by atoms with Crippen LogP contribution in [0.5, 0.6) is 23.0 Å². The van der Waals surface area contributed by atoms with Crippen molar-refractivity contribution < 1.29 is 57.2 Å². The highest BCUT2D eigenvalue weighted by Gasteiger charge is 2.46. The fraction of sp³-hybridized carbons (Fsp3) is 0.514. The van der Waals surface area contributed by atoms with E-state index in [0.717, 1.165) is 0 Å². The minimum absolute atomic E-state index is 0.162. The minimum atomic E-state index is -1.22. The molecule has 14 heteroatoms. The molecule has 2 aromatic carbocycles. The average molecular weight is 709 g/mol. The third-order valence-electron chi connectivity index (χ3n) is 8.42. The number of nitrogens with zero attached hydrogens (tertiary/aromatic N) is 2. The van der Waals surface area contributed by atoms with Gasteiger partial charge < -0.3 is 33.2 Å². The molecule has 0 saturated carbocycles. The molecule has 274 valence electrons. The zero-order valence-corrected chi connectivity index (χ0v) is 29.8. The fourth-order valence-corrected chi connectivity index (χ4v) is 6.00. The lowest BCUT2D eigenvalue weighted by atomic mass is 9.99. The standard InChI is InChI=1S/C37H44N2O12/c1-35(2,3)50-33(44)38-15-7-9-25(38)32(43)47-20-27(42)24-11-13-29-31(18-24)49-28-12-10-23(17-30(28)48-29)26(41)19-46-22-37(21-40)14-8-16-39(37)34(45)51-36(4,5)6/h10-13,17-18,21,25H,7-9,14-16,19-20,22H2,1-6H3. The van der Waals surface area contributed by atoms with Crippen LogP contribution in [0.25, 0.3) is 0 Å². The van der Waals surface area contributed by atoms with E-state index >= 15 is 0 Å². The molecule has 3 heterocycles. The number of carbonyl (C=O) groups excluding carboxylic acids is 6. The molecular formula is C37H44N2O12. The molecule has 14 nitrogen and oxygen atoms in total. The van der Waals surface area contributed by atoms with E-state index in [2.05, 4.69) is 0 Å². The lowest BCUT2D eigenvalue weighted by Crippen LogP contribution is -2.53. The highest BCUT2D eigenvalue weighted by Crippen LogP contribution is 2.46. The number of fused-ring (bicyclic) bond motifs is 2. The van der Waals surface area contributed by atoms with Crippen LogP contribution < -0.4 is 9.47 Å². The smallest absolute Gasteiger partial charge is 0.411 e. The first-order valence-electron chi connectivity index (χ1n) is 16.9. The molecule has 3 aliphatic rings. The van der Waals surface area contributed by atoms with Crippen LogP contribution in [0.2, 0.25) is 0 Å². The molecule has 2 saturated heterocycles. The van der Waals surface area contributed by atoms with E-state index in [1.54, 1.807) is 47.6 Å². The molecule has 2 fully saturated rings. The number of benzene rings is 2. The number of hydrogen-bond donors (Lipinski definition) is 0. The van der Waals surface area contributed by atoms with Crippen molar-refractivity contribution in [3.63, 3.8) is 0 Å². The largest absolute Gasteiger partial charge is 0.456 e.